The summed E-state index contributed by atoms with van der Waals surface area (Å²) >= 11 is 2.90. The number of hydrogen-bond donors (Lipinski definition) is 0. The summed E-state index contributed by atoms with van der Waals surface area (Å²) < 4.78 is 136. The first-order chi connectivity index (χ1) is 30.2. The first kappa shape index (κ1) is 17.5. The number of benzene rings is 6. The fourth-order valence-electron chi connectivity index (χ4n) is 7.08. The maximum absolute atomic E-state index is 9.41. The van der Waals surface area contributed by atoms with Crippen LogP contribution in [0.25, 0.3) is 31.3 Å². The number of nitrogens with zero attached hydrogens (tertiary/aromatic N) is 2. The van der Waals surface area contributed by atoms with Gasteiger partial charge < -0.3 is 9.80 Å². The van der Waals surface area contributed by atoms with Gasteiger partial charge in [-0.2, -0.15) is 0 Å². The molecule has 4 heterocycles. The molecule has 5 heteroatoms. The number of para-hydroxylation sites is 2. The molecule has 0 aliphatic carbocycles. The van der Waals surface area contributed by atoms with Crippen molar-refractivity contribution in [3.8, 4) is 11.1 Å². The fourth-order valence-corrected chi connectivity index (χ4v) is 9.75. The summed E-state index contributed by atoms with van der Waals surface area (Å²) in [5, 5.41) is 1.32. The molecule has 2 aliphatic rings. The molecule has 0 fully saturated rings. The Bertz CT molecular complexity index is 3340. The SMILES string of the molecule is [2H]c1c([2H])c([2H])c(-c2ccc3sc4c(c3c2)N(c2c([2H])c([2H])c([2H])c([2H])c2[2H])c2cc(C(C)(C)C)cc3c2B4c2sc4ccccc4c2N3c2c([2H])c([2H])c([2H])c([2H])c2[2H])c([2H])c1[2H]. The van der Waals surface area contributed by atoms with Crippen molar-refractivity contribution in [2.75, 3.05) is 9.80 Å². The molecule has 0 bridgehead atoms. The summed E-state index contributed by atoms with van der Waals surface area (Å²) in [5.74, 6) is 0. The Kier molecular flexibility index (Phi) is 3.83. The summed E-state index contributed by atoms with van der Waals surface area (Å²) in [6.45, 7) is 5.40. The predicted molar refractivity (Wildman–Crippen MR) is 215 cm³/mol. The van der Waals surface area contributed by atoms with Gasteiger partial charge in [-0.15, -0.1) is 22.7 Å². The highest BCUT2D eigenvalue weighted by Crippen LogP contribution is 2.51. The molecule has 49 heavy (non-hydrogen) atoms. The minimum absolute atomic E-state index is 0.0190. The Morgan fingerprint density at radius 2 is 1.10 bits per heavy atom. The molecule has 6 aromatic carbocycles. The minimum Gasteiger partial charge on any atom is -0.310 e. The van der Waals surface area contributed by atoms with Gasteiger partial charge in [0.05, 0.1) is 31.9 Å². The van der Waals surface area contributed by atoms with Crippen LogP contribution in [0.3, 0.4) is 0 Å². The standard InChI is InChI=1S/C44H33BN2S2/c1-44(2,3)30-26-35-39-36(27-30)47(32-19-11-6-12-20-32)41-34-25-29(28-15-7-4-8-16-28)23-24-38(34)49-43(41)45(39)42-40(33-21-13-14-22-37(33)48-42)46(35)31-17-9-5-10-18-31/h4-27H,1-3H3/i4D,5D,6D,7D,8D,9D,10D,11D,12D,15D,16D,17D,18D,19D,20D. The normalized spacial score (nSPS) is 17.8. The average molecular weight is 680 g/mol. The summed E-state index contributed by atoms with van der Waals surface area (Å²) in [4.78, 5) is 3.41. The van der Waals surface area contributed by atoms with E-state index >= 15 is 0 Å². The van der Waals surface area contributed by atoms with E-state index < -0.39 is 103 Å². The zero-order chi connectivity index (χ0) is 45.9. The van der Waals surface area contributed by atoms with E-state index in [0.29, 0.717) is 48.6 Å². The van der Waals surface area contributed by atoms with Gasteiger partial charge in [0.2, 0.25) is 0 Å². The average Bonchev–Trinajstić information content (AvgIpc) is 3.84. The molecular formula is C44H33BN2S2. The van der Waals surface area contributed by atoms with Crippen LogP contribution in [0.15, 0.2) is 145 Å². The van der Waals surface area contributed by atoms with Crippen LogP contribution in [0.1, 0.15) is 46.9 Å². The van der Waals surface area contributed by atoms with Crippen LogP contribution in [0.5, 0.6) is 0 Å². The molecule has 0 saturated carbocycles. The topological polar surface area (TPSA) is 6.48 Å². The van der Waals surface area contributed by atoms with Crippen LogP contribution in [-0.4, -0.2) is 6.71 Å². The lowest BCUT2D eigenvalue weighted by atomic mass is 9.39. The van der Waals surface area contributed by atoms with Gasteiger partial charge in [-0.1, -0.05) is 112 Å². The number of thiophene rings is 2. The van der Waals surface area contributed by atoms with E-state index in [4.69, 9.17) is 15.1 Å². The van der Waals surface area contributed by atoms with Crippen molar-refractivity contribution in [2.45, 2.75) is 26.2 Å². The van der Waals surface area contributed by atoms with E-state index in [1.54, 1.807) is 28.0 Å². The van der Waals surface area contributed by atoms with E-state index in [1.807, 2.05) is 57.2 Å². The molecule has 234 valence electrons. The third kappa shape index (κ3) is 4.32. The second-order valence-corrected chi connectivity index (χ2v) is 15.2. The van der Waals surface area contributed by atoms with Crippen LogP contribution < -0.4 is 24.8 Å². The molecule has 0 radical (unpaired) electrons. The predicted octanol–water partition coefficient (Wildman–Crippen LogP) is 11.2. The van der Waals surface area contributed by atoms with Crippen LogP contribution in [0, 0.1) is 0 Å². The Balaban J connectivity index is 1.42. The zero-order valence-corrected chi connectivity index (χ0v) is 28.1. The largest absolute Gasteiger partial charge is 0.310 e. The van der Waals surface area contributed by atoms with E-state index in [0.717, 1.165) is 20.4 Å². The molecule has 8 aromatic rings. The van der Waals surface area contributed by atoms with Crippen molar-refractivity contribution >= 4 is 98.7 Å². The summed E-state index contributed by atoms with van der Waals surface area (Å²) in [7, 11) is 0. The van der Waals surface area contributed by atoms with Gasteiger partial charge in [0.25, 0.3) is 6.71 Å². The molecule has 10 rings (SSSR count). The van der Waals surface area contributed by atoms with Gasteiger partial charge in [-0.05, 0) is 82.1 Å². The lowest BCUT2D eigenvalue weighted by Gasteiger charge is -2.43. The smallest absolute Gasteiger partial charge is 0.277 e. The molecule has 2 nitrogen and oxygen atoms in total. The lowest BCUT2D eigenvalue weighted by molar-refractivity contribution is 0.590. The molecule has 0 unspecified atom stereocenters. The number of fused-ring (bicyclic) bond motifs is 8. The van der Waals surface area contributed by atoms with E-state index in [-0.39, 0.29) is 16.9 Å². The quantitative estimate of drug-likeness (QED) is 0.172. The lowest BCUT2D eigenvalue weighted by Crippen LogP contribution is -2.59. The highest BCUT2D eigenvalue weighted by Gasteiger charge is 2.47. The number of hydrogen-bond acceptors (Lipinski definition) is 4. The Labute approximate surface area is 316 Å². The first-order valence-electron chi connectivity index (χ1n) is 23.2. The van der Waals surface area contributed by atoms with Crippen molar-refractivity contribution in [3.63, 3.8) is 0 Å². The van der Waals surface area contributed by atoms with Crippen LogP contribution in [0.4, 0.5) is 34.1 Å². The second kappa shape index (κ2) is 10.7. The van der Waals surface area contributed by atoms with Gasteiger partial charge in [-0.3, -0.25) is 0 Å². The van der Waals surface area contributed by atoms with Gasteiger partial charge in [0.1, 0.15) is 0 Å². The summed E-state index contributed by atoms with van der Waals surface area (Å²) in [6, 6.07) is 9.42. The molecule has 0 amide bonds. The highest BCUT2D eigenvalue weighted by atomic mass is 32.1. The maximum Gasteiger partial charge on any atom is 0.277 e. The van der Waals surface area contributed by atoms with Gasteiger partial charge >= 0.3 is 0 Å². The molecular weight excluding hydrogens is 631 g/mol. The second-order valence-electron chi connectivity index (χ2n) is 13.1. The Morgan fingerprint density at radius 3 is 1.69 bits per heavy atom. The fraction of sp³-hybridized carbons (Fsp3) is 0.0909. The monoisotopic (exact) mass is 679 g/mol. The summed E-state index contributed by atoms with van der Waals surface area (Å²) in [6.07, 6.45) is 0. The van der Waals surface area contributed by atoms with Crippen molar-refractivity contribution in [1.82, 2.24) is 0 Å². The van der Waals surface area contributed by atoms with E-state index in [1.165, 1.54) is 22.7 Å². The van der Waals surface area contributed by atoms with Crippen LogP contribution in [-0.2, 0) is 5.41 Å². The van der Waals surface area contributed by atoms with Crippen molar-refractivity contribution in [3.05, 3.63) is 151 Å². The Morgan fingerprint density at radius 1 is 0.571 bits per heavy atom. The number of anilines is 6. The van der Waals surface area contributed by atoms with Crippen molar-refractivity contribution in [1.29, 1.82) is 0 Å². The maximum atomic E-state index is 9.41. The highest BCUT2D eigenvalue weighted by molar-refractivity contribution is 7.40. The van der Waals surface area contributed by atoms with Crippen molar-refractivity contribution < 1.29 is 20.6 Å². The summed E-state index contributed by atoms with van der Waals surface area (Å²) in [5.41, 5.74) is 2.86. The van der Waals surface area contributed by atoms with Gasteiger partial charge in [0, 0.05) is 52.5 Å². The molecule has 0 atom stereocenters. The van der Waals surface area contributed by atoms with Crippen LogP contribution >= 0.6 is 22.7 Å². The van der Waals surface area contributed by atoms with E-state index in [9.17, 15) is 5.48 Å². The first-order valence-corrected chi connectivity index (χ1v) is 17.4. The Hall–Kier alpha value is -5.10. The van der Waals surface area contributed by atoms with E-state index in [2.05, 4.69) is 0 Å². The molecule has 0 saturated heterocycles. The molecule has 2 aliphatic heterocycles. The number of rotatable bonds is 3. The molecule has 0 N–H and O–H groups in total. The van der Waals surface area contributed by atoms with Crippen LogP contribution in [0.2, 0.25) is 0 Å². The van der Waals surface area contributed by atoms with Gasteiger partial charge in [-0.25, -0.2) is 0 Å². The van der Waals surface area contributed by atoms with Gasteiger partial charge in [0.15, 0.2) is 0 Å². The third-order valence-electron chi connectivity index (χ3n) is 9.24. The molecule has 0 spiro atoms. The zero-order valence-electron chi connectivity index (χ0n) is 41.5. The minimum atomic E-state index is -0.597. The van der Waals surface area contributed by atoms with Crippen molar-refractivity contribution in [2.24, 2.45) is 0 Å². The third-order valence-corrected chi connectivity index (χ3v) is 11.7. The molecule has 2 aromatic heterocycles.